The van der Waals surface area contributed by atoms with Crippen molar-refractivity contribution in [3.05, 3.63) is 89.4 Å². The second kappa shape index (κ2) is 11.5. The maximum absolute atomic E-state index is 13.3. The van der Waals surface area contributed by atoms with Crippen molar-refractivity contribution in [3.8, 4) is 28.3 Å². The fourth-order valence-electron chi connectivity index (χ4n) is 5.13. The van der Waals surface area contributed by atoms with Crippen LogP contribution in [0.5, 0.6) is 5.75 Å². The van der Waals surface area contributed by atoms with Gasteiger partial charge in [0.2, 0.25) is 10.0 Å². The molecule has 1 unspecified atom stereocenters. The van der Waals surface area contributed by atoms with E-state index in [4.69, 9.17) is 21.1 Å². The summed E-state index contributed by atoms with van der Waals surface area (Å²) in [5.41, 5.74) is 3.77. The van der Waals surface area contributed by atoms with Crippen molar-refractivity contribution in [1.82, 2.24) is 13.7 Å². The lowest BCUT2D eigenvalue weighted by molar-refractivity contribution is 0.283. The molecule has 1 fully saturated rings. The molecule has 0 bridgehead atoms. The molecule has 1 atom stereocenters. The number of sulfonamides is 1. The van der Waals surface area contributed by atoms with Gasteiger partial charge >= 0.3 is 7.82 Å². The van der Waals surface area contributed by atoms with E-state index in [9.17, 15) is 22.8 Å². The van der Waals surface area contributed by atoms with Crippen molar-refractivity contribution in [2.75, 3.05) is 18.4 Å². The van der Waals surface area contributed by atoms with Crippen LogP contribution in [0.3, 0.4) is 0 Å². The third-order valence-corrected chi connectivity index (χ3v) is 10.3. The van der Waals surface area contributed by atoms with Crippen LogP contribution in [0.4, 0.5) is 5.69 Å². The molecule has 42 heavy (non-hydrogen) atoms. The van der Waals surface area contributed by atoms with Gasteiger partial charge in [0.15, 0.2) is 4.96 Å². The normalized spacial score (nSPS) is 16.5. The van der Waals surface area contributed by atoms with Gasteiger partial charge in [-0.15, -0.1) is 11.3 Å². The van der Waals surface area contributed by atoms with Gasteiger partial charge in [0, 0.05) is 52.5 Å². The number of hydrogen-bond donors (Lipinski definition) is 3. The lowest BCUT2D eigenvalue weighted by Crippen LogP contribution is -2.45. The van der Waals surface area contributed by atoms with Gasteiger partial charge in [0.1, 0.15) is 5.75 Å². The van der Waals surface area contributed by atoms with Gasteiger partial charge in [0.25, 0.3) is 0 Å². The van der Waals surface area contributed by atoms with Crippen LogP contribution in [0.25, 0.3) is 27.5 Å². The first-order valence-corrected chi connectivity index (χ1v) is 17.2. The molecule has 2 aromatic heterocycles. The molecular formula is C28H26ClN4O6PS2. The number of piperidine rings is 1. The van der Waals surface area contributed by atoms with Crippen LogP contribution in [0.15, 0.2) is 89.3 Å². The van der Waals surface area contributed by atoms with Crippen LogP contribution < -0.4 is 9.84 Å². The fraction of sp³-hybridized carbons (Fsp3) is 0.179. The molecule has 10 nitrogen and oxygen atoms in total. The number of fused-ring (bicyclic) bond motifs is 1. The number of nitrogens with one attached hydrogen (secondary N) is 1. The zero-order chi connectivity index (χ0) is 29.5. The van der Waals surface area contributed by atoms with E-state index in [1.54, 1.807) is 24.3 Å². The van der Waals surface area contributed by atoms with Crippen LogP contribution in [0.2, 0.25) is 5.02 Å². The largest absolute Gasteiger partial charge is 0.524 e. The van der Waals surface area contributed by atoms with E-state index < -0.39 is 17.8 Å². The number of anilines is 1. The highest BCUT2D eigenvalue weighted by molar-refractivity contribution is 7.89. The van der Waals surface area contributed by atoms with Crippen LogP contribution in [-0.2, 0) is 14.6 Å². The monoisotopic (exact) mass is 644 g/mol. The van der Waals surface area contributed by atoms with Crippen molar-refractivity contribution < 1.29 is 27.3 Å². The molecule has 0 aliphatic carbocycles. The molecule has 0 saturated carbocycles. The summed E-state index contributed by atoms with van der Waals surface area (Å²) < 4.78 is 46.2. The fourth-order valence-corrected chi connectivity index (χ4v) is 7.88. The Morgan fingerprint density at radius 2 is 1.81 bits per heavy atom. The van der Waals surface area contributed by atoms with E-state index in [1.165, 1.54) is 33.8 Å². The zero-order valence-corrected chi connectivity index (χ0v) is 25.3. The lowest BCUT2D eigenvalue weighted by Gasteiger charge is -2.33. The van der Waals surface area contributed by atoms with E-state index in [1.807, 2.05) is 46.3 Å². The van der Waals surface area contributed by atoms with Gasteiger partial charge < -0.3 is 9.84 Å². The Hall–Kier alpha value is -3.22. The number of hydrogen-bond acceptors (Lipinski definition) is 7. The Kier molecular flexibility index (Phi) is 7.88. The molecule has 14 heteroatoms. The SMILES string of the molecule is O=P(O)(O)Oc1cccc(-c2nc3sccn3c2-c2cccc(NC3CCCN(S(=O)(=O)c4ccc(Cl)cc4)C3)c2)c1. The Morgan fingerprint density at radius 1 is 1.05 bits per heavy atom. The summed E-state index contributed by atoms with van der Waals surface area (Å²) in [6.07, 6.45) is 3.46. The number of nitrogens with zero attached hydrogens (tertiary/aromatic N) is 3. The Balaban J connectivity index is 1.28. The average Bonchev–Trinajstić information content (AvgIpc) is 3.55. The minimum absolute atomic E-state index is 0.0361. The summed E-state index contributed by atoms with van der Waals surface area (Å²) >= 11 is 7.42. The summed E-state index contributed by atoms with van der Waals surface area (Å²) in [5, 5.41) is 5.94. The smallest absolute Gasteiger partial charge is 0.404 e. The maximum atomic E-state index is 13.3. The molecular weight excluding hydrogens is 619 g/mol. The third kappa shape index (κ3) is 6.11. The van der Waals surface area contributed by atoms with E-state index in [0.717, 1.165) is 34.7 Å². The molecule has 3 aromatic carbocycles. The van der Waals surface area contributed by atoms with Gasteiger partial charge in [-0.3, -0.25) is 14.2 Å². The number of rotatable bonds is 8. The highest BCUT2D eigenvalue weighted by atomic mass is 35.5. The van der Waals surface area contributed by atoms with E-state index >= 15 is 0 Å². The van der Waals surface area contributed by atoms with Crippen molar-refractivity contribution in [2.24, 2.45) is 0 Å². The van der Waals surface area contributed by atoms with Crippen LogP contribution in [0, 0.1) is 0 Å². The van der Waals surface area contributed by atoms with Gasteiger partial charge in [-0.05, 0) is 61.4 Å². The first-order valence-electron chi connectivity index (χ1n) is 13.0. The minimum Gasteiger partial charge on any atom is -0.404 e. The number of phosphoric ester groups is 1. The Labute approximate surface area is 251 Å². The van der Waals surface area contributed by atoms with Gasteiger partial charge in [-0.1, -0.05) is 35.9 Å². The lowest BCUT2D eigenvalue weighted by atomic mass is 10.0. The number of thiazole rings is 1. The molecule has 0 spiro atoms. The van der Waals surface area contributed by atoms with E-state index in [2.05, 4.69) is 5.32 Å². The quantitative estimate of drug-likeness (QED) is 0.172. The molecule has 1 aliphatic heterocycles. The molecule has 3 N–H and O–H groups in total. The predicted octanol–water partition coefficient (Wildman–Crippen LogP) is 6.12. The maximum Gasteiger partial charge on any atom is 0.524 e. The molecule has 0 amide bonds. The third-order valence-electron chi connectivity index (χ3n) is 6.94. The first kappa shape index (κ1) is 28.9. The number of benzene rings is 3. The van der Waals surface area contributed by atoms with E-state index in [-0.39, 0.29) is 16.7 Å². The molecule has 218 valence electrons. The second-order valence-electron chi connectivity index (χ2n) is 9.86. The topological polar surface area (TPSA) is 133 Å². The molecule has 5 aromatic rings. The van der Waals surface area contributed by atoms with Crippen LogP contribution in [0.1, 0.15) is 12.8 Å². The summed E-state index contributed by atoms with van der Waals surface area (Å²) in [7, 11) is -8.37. The highest BCUT2D eigenvalue weighted by Crippen LogP contribution is 2.41. The number of phosphoric acid groups is 1. The first-order chi connectivity index (χ1) is 20.1. The highest BCUT2D eigenvalue weighted by Gasteiger charge is 2.30. The Bertz CT molecular complexity index is 1910. The summed E-state index contributed by atoms with van der Waals surface area (Å²) in [5.74, 6) is 0.0361. The summed E-state index contributed by atoms with van der Waals surface area (Å²) in [6, 6.07) is 20.4. The molecule has 3 heterocycles. The van der Waals surface area contributed by atoms with Crippen molar-refractivity contribution in [3.63, 3.8) is 0 Å². The van der Waals surface area contributed by atoms with Gasteiger partial charge in [-0.2, -0.15) is 4.31 Å². The molecule has 1 saturated heterocycles. The van der Waals surface area contributed by atoms with Crippen molar-refractivity contribution >= 4 is 51.4 Å². The molecule has 6 rings (SSSR count). The van der Waals surface area contributed by atoms with Gasteiger partial charge in [-0.25, -0.2) is 18.0 Å². The predicted molar refractivity (Wildman–Crippen MR) is 163 cm³/mol. The van der Waals surface area contributed by atoms with Crippen molar-refractivity contribution in [2.45, 2.75) is 23.8 Å². The minimum atomic E-state index is -4.72. The van der Waals surface area contributed by atoms with E-state index in [0.29, 0.717) is 29.4 Å². The second-order valence-corrected chi connectivity index (χ2v) is 14.3. The van der Waals surface area contributed by atoms with Crippen LogP contribution in [-0.4, -0.2) is 51.0 Å². The van der Waals surface area contributed by atoms with Crippen LogP contribution >= 0.6 is 30.8 Å². The number of aromatic nitrogens is 2. The van der Waals surface area contributed by atoms with Crippen molar-refractivity contribution in [1.29, 1.82) is 0 Å². The summed E-state index contributed by atoms with van der Waals surface area (Å²) in [4.78, 5) is 24.3. The summed E-state index contributed by atoms with van der Waals surface area (Å²) in [6.45, 7) is 0.775. The number of halogens is 1. The average molecular weight is 645 g/mol. The molecule has 0 radical (unpaired) electrons. The molecule has 1 aliphatic rings. The standard InChI is InChI=1S/C28H26ClN4O6PS2/c29-21-9-11-25(12-10-21)42(37,38)32-13-3-7-23(18-32)30-22-6-1-5-20(16-22)27-26(31-28-33(27)14-15-41-28)19-4-2-8-24(17-19)39-40(34,35)36/h1-2,4-6,8-12,14-17,23,30H,3,7,13,18H2,(H2,34,35,36). The van der Waals surface area contributed by atoms with Gasteiger partial charge in [0.05, 0.1) is 16.3 Å². The number of imidazole rings is 1. The zero-order valence-electron chi connectivity index (χ0n) is 22.0. The Morgan fingerprint density at radius 3 is 2.60 bits per heavy atom.